The van der Waals surface area contributed by atoms with E-state index >= 15 is 0 Å². The quantitative estimate of drug-likeness (QED) is 0.676. The molecule has 2 N–H and O–H groups in total. The van der Waals surface area contributed by atoms with E-state index in [9.17, 15) is 14.4 Å². The van der Waals surface area contributed by atoms with E-state index in [0.29, 0.717) is 11.3 Å². The number of hydrogen-bond acceptors (Lipinski definition) is 4. The average molecular weight is 419 g/mol. The van der Waals surface area contributed by atoms with E-state index in [1.165, 1.54) is 0 Å². The van der Waals surface area contributed by atoms with E-state index in [2.05, 4.69) is 26.6 Å². The number of benzene rings is 2. The Hall–Kier alpha value is -2.67. The number of rotatable bonds is 7. The number of nitrogens with one attached hydrogen (secondary N) is 2. The van der Waals surface area contributed by atoms with Gasteiger partial charge in [0.15, 0.2) is 6.61 Å². The summed E-state index contributed by atoms with van der Waals surface area (Å²) in [6.07, 6.45) is 0.874. The molecule has 0 aromatic heterocycles. The minimum atomic E-state index is -0.583. The van der Waals surface area contributed by atoms with Crippen LogP contribution in [0.1, 0.15) is 22.8 Å². The van der Waals surface area contributed by atoms with Crippen molar-refractivity contribution in [3.05, 3.63) is 64.1 Å². The van der Waals surface area contributed by atoms with Crippen molar-refractivity contribution in [1.82, 2.24) is 5.32 Å². The first kappa shape index (κ1) is 19.7. The average Bonchev–Trinajstić information content (AvgIpc) is 2.66. The standard InChI is InChI=1S/C19H19BrN2O4/c1-2-13-7-9-14(10-8-13)19(25)26-12-18(24)21-11-17(23)22-16-6-4-3-5-15(16)20/h3-10H,2,11-12H2,1H3,(H,21,24)(H,22,23). The molecule has 0 atom stereocenters. The van der Waals surface area contributed by atoms with Gasteiger partial charge in [-0.2, -0.15) is 0 Å². The molecule has 2 aromatic carbocycles. The van der Waals surface area contributed by atoms with Crippen LogP contribution in [0.25, 0.3) is 0 Å². The second-order valence-corrected chi connectivity index (χ2v) is 6.29. The summed E-state index contributed by atoms with van der Waals surface area (Å²) in [4.78, 5) is 35.4. The maximum atomic E-state index is 11.9. The zero-order valence-corrected chi connectivity index (χ0v) is 15.8. The molecule has 0 spiro atoms. The molecule has 2 rings (SSSR count). The lowest BCUT2D eigenvalue weighted by molar-refractivity contribution is -0.126. The Balaban J connectivity index is 1.73. The van der Waals surface area contributed by atoms with Crippen LogP contribution in [0, 0.1) is 0 Å². The Morgan fingerprint density at radius 2 is 1.69 bits per heavy atom. The molecule has 0 unspecified atom stereocenters. The lowest BCUT2D eigenvalue weighted by atomic mass is 10.1. The van der Waals surface area contributed by atoms with E-state index < -0.39 is 18.5 Å². The van der Waals surface area contributed by atoms with Crippen molar-refractivity contribution in [1.29, 1.82) is 0 Å². The molecule has 0 bridgehead atoms. The Labute approximate surface area is 160 Å². The highest BCUT2D eigenvalue weighted by Crippen LogP contribution is 2.20. The summed E-state index contributed by atoms with van der Waals surface area (Å²) in [5.41, 5.74) is 2.09. The fourth-order valence-corrected chi connectivity index (χ4v) is 2.46. The van der Waals surface area contributed by atoms with Gasteiger partial charge < -0.3 is 15.4 Å². The highest BCUT2D eigenvalue weighted by atomic mass is 79.9. The van der Waals surface area contributed by atoms with Crippen LogP contribution in [-0.4, -0.2) is 30.9 Å². The fourth-order valence-electron chi connectivity index (χ4n) is 2.08. The number of amides is 2. The SMILES string of the molecule is CCc1ccc(C(=O)OCC(=O)NCC(=O)Nc2ccccc2Br)cc1. The van der Waals surface area contributed by atoms with Crippen LogP contribution in [0.3, 0.4) is 0 Å². The van der Waals surface area contributed by atoms with Gasteiger partial charge in [-0.25, -0.2) is 4.79 Å². The Morgan fingerprint density at radius 1 is 1.00 bits per heavy atom. The van der Waals surface area contributed by atoms with Crippen LogP contribution in [0.15, 0.2) is 53.0 Å². The van der Waals surface area contributed by atoms with E-state index in [4.69, 9.17) is 4.74 Å². The van der Waals surface area contributed by atoms with Gasteiger partial charge in [-0.1, -0.05) is 31.2 Å². The molecule has 136 valence electrons. The first-order valence-corrected chi connectivity index (χ1v) is 8.86. The molecular weight excluding hydrogens is 400 g/mol. The summed E-state index contributed by atoms with van der Waals surface area (Å²) in [5, 5.41) is 5.06. The maximum Gasteiger partial charge on any atom is 0.338 e. The van der Waals surface area contributed by atoms with Crippen molar-refractivity contribution in [2.75, 3.05) is 18.5 Å². The Bertz CT molecular complexity index is 790. The van der Waals surface area contributed by atoms with Crippen molar-refractivity contribution in [3.8, 4) is 0 Å². The number of para-hydroxylation sites is 1. The number of ether oxygens (including phenoxy) is 1. The summed E-state index contributed by atoms with van der Waals surface area (Å²) in [5.74, 6) is -1.52. The van der Waals surface area contributed by atoms with Crippen LogP contribution < -0.4 is 10.6 Å². The van der Waals surface area contributed by atoms with Gasteiger partial charge in [-0.3, -0.25) is 9.59 Å². The van der Waals surface area contributed by atoms with Crippen LogP contribution in [-0.2, 0) is 20.7 Å². The number of halogens is 1. The monoisotopic (exact) mass is 418 g/mol. The Kier molecular flexibility index (Phi) is 7.35. The number of aryl methyl sites for hydroxylation is 1. The van der Waals surface area contributed by atoms with Gasteiger partial charge in [-0.15, -0.1) is 0 Å². The highest BCUT2D eigenvalue weighted by Gasteiger charge is 2.11. The molecule has 7 heteroatoms. The molecule has 0 aliphatic rings. The molecule has 0 saturated carbocycles. The number of carbonyl (C=O) groups is 3. The lowest BCUT2D eigenvalue weighted by Gasteiger charge is -2.09. The largest absolute Gasteiger partial charge is 0.452 e. The van der Waals surface area contributed by atoms with E-state index in [0.717, 1.165) is 16.5 Å². The van der Waals surface area contributed by atoms with E-state index in [1.54, 1.807) is 30.3 Å². The zero-order chi connectivity index (χ0) is 18.9. The first-order valence-electron chi connectivity index (χ1n) is 8.06. The molecule has 0 heterocycles. The van der Waals surface area contributed by atoms with Crippen LogP contribution in [0.4, 0.5) is 5.69 Å². The van der Waals surface area contributed by atoms with Crippen LogP contribution in [0.5, 0.6) is 0 Å². The van der Waals surface area contributed by atoms with E-state index in [-0.39, 0.29) is 12.5 Å². The number of carbonyl (C=O) groups excluding carboxylic acids is 3. The minimum absolute atomic E-state index is 0.219. The molecule has 0 fully saturated rings. The molecule has 0 aliphatic heterocycles. The second kappa shape index (κ2) is 9.72. The number of esters is 1. The first-order chi connectivity index (χ1) is 12.5. The van der Waals surface area contributed by atoms with Gasteiger partial charge in [0.1, 0.15) is 0 Å². The molecule has 6 nitrogen and oxygen atoms in total. The van der Waals surface area contributed by atoms with Gasteiger partial charge in [0.05, 0.1) is 17.8 Å². The Morgan fingerprint density at radius 3 is 2.35 bits per heavy atom. The maximum absolute atomic E-state index is 11.9. The van der Waals surface area contributed by atoms with Gasteiger partial charge >= 0.3 is 5.97 Å². The second-order valence-electron chi connectivity index (χ2n) is 5.43. The van der Waals surface area contributed by atoms with Crippen molar-refractivity contribution in [3.63, 3.8) is 0 Å². The summed E-state index contributed by atoms with van der Waals surface area (Å²) in [7, 11) is 0. The van der Waals surface area contributed by atoms with Gasteiger partial charge in [0.2, 0.25) is 5.91 Å². The predicted molar refractivity (Wildman–Crippen MR) is 102 cm³/mol. The number of anilines is 1. The van der Waals surface area contributed by atoms with Crippen LogP contribution >= 0.6 is 15.9 Å². The summed E-state index contributed by atoms with van der Waals surface area (Å²) >= 11 is 3.32. The fraction of sp³-hybridized carbons (Fsp3) is 0.211. The molecule has 0 aliphatic carbocycles. The minimum Gasteiger partial charge on any atom is -0.452 e. The van der Waals surface area contributed by atoms with Crippen LogP contribution in [0.2, 0.25) is 0 Å². The molecule has 26 heavy (non-hydrogen) atoms. The third kappa shape index (κ3) is 6.00. The summed E-state index contributed by atoms with van der Waals surface area (Å²) < 4.78 is 5.68. The normalized spacial score (nSPS) is 10.1. The third-order valence-electron chi connectivity index (χ3n) is 3.53. The zero-order valence-electron chi connectivity index (χ0n) is 14.3. The third-order valence-corrected chi connectivity index (χ3v) is 4.22. The van der Waals surface area contributed by atoms with Crippen molar-refractivity contribution >= 4 is 39.4 Å². The summed E-state index contributed by atoms with van der Waals surface area (Å²) in [6.45, 7) is 1.35. The summed E-state index contributed by atoms with van der Waals surface area (Å²) in [6, 6.07) is 14.1. The topological polar surface area (TPSA) is 84.5 Å². The lowest BCUT2D eigenvalue weighted by Crippen LogP contribution is -2.35. The predicted octanol–water partition coefficient (Wildman–Crippen LogP) is 2.92. The van der Waals surface area contributed by atoms with Gasteiger partial charge in [0.25, 0.3) is 5.91 Å². The molecule has 0 radical (unpaired) electrons. The molecule has 0 saturated heterocycles. The molecule has 2 aromatic rings. The van der Waals surface area contributed by atoms with Crippen molar-refractivity contribution in [2.45, 2.75) is 13.3 Å². The smallest absolute Gasteiger partial charge is 0.338 e. The van der Waals surface area contributed by atoms with Gasteiger partial charge in [-0.05, 0) is 52.2 Å². The number of hydrogen-bond donors (Lipinski definition) is 2. The molecular formula is C19H19BrN2O4. The van der Waals surface area contributed by atoms with Crippen molar-refractivity contribution < 1.29 is 19.1 Å². The molecule has 2 amide bonds. The highest BCUT2D eigenvalue weighted by molar-refractivity contribution is 9.10. The van der Waals surface area contributed by atoms with Crippen molar-refractivity contribution in [2.24, 2.45) is 0 Å². The van der Waals surface area contributed by atoms with E-state index in [1.807, 2.05) is 25.1 Å². The van der Waals surface area contributed by atoms with Gasteiger partial charge in [0, 0.05) is 4.47 Å².